The van der Waals surface area contributed by atoms with Crippen molar-refractivity contribution in [2.75, 3.05) is 0 Å². The second-order valence-corrected chi connectivity index (χ2v) is 5.81. The molecule has 1 heterocycles. The minimum Gasteiger partial charge on any atom is -0.485 e. The van der Waals surface area contributed by atoms with E-state index < -0.39 is 6.10 Å². The van der Waals surface area contributed by atoms with Crippen LogP contribution in [0.25, 0.3) is 0 Å². The van der Waals surface area contributed by atoms with Crippen molar-refractivity contribution in [2.24, 2.45) is 0 Å². The van der Waals surface area contributed by atoms with Gasteiger partial charge in [0.25, 0.3) is 0 Å². The van der Waals surface area contributed by atoms with Crippen LogP contribution in [-0.4, -0.2) is 5.11 Å². The summed E-state index contributed by atoms with van der Waals surface area (Å²) in [7, 11) is 0. The number of halogens is 1. The molecule has 2 atom stereocenters. The maximum absolute atomic E-state index is 10.3. The number of hydrogen-bond acceptors (Lipinski definition) is 2. The molecule has 0 amide bonds. The largest absolute Gasteiger partial charge is 0.485 e. The number of benzene rings is 2. The van der Waals surface area contributed by atoms with Gasteiger partial charge in [-0.1, -0.05) is 40.2 Å². The van der Waals surface area contributed by atoms with Crippen LogP contribution in [0.1, 0.15) is 35.3 Å². The Morgan fingerprint density at radius 1 is 1.16 bits per heavy atom. The lowest BCUT2D eigenvalue weighted by Crippen LogP contribution is -2.19. The number of ether oxygens (including phenoxy) is 1. The van der Waals surface area contributed by atoms with E-state index in [9.17, 15) is 5.11 Å². The molecule has 0 saturated carbocycles. The molecular weight excluding hydrogens is 304 g/mol. The zero-order chi connectivity index (χ0) is 13.4. The molecule has 0 aromatic heterocycles. The highest BCUT2D eigenvalue weighted by Crippen LogP contribution is 2.42. The van der Waals surface area contributed by atoms with Gasteiger partial charge in [0, 0.05) is 16.5 Å². The molecule has 3 rings (SSSR count). The maximum Gasteiger partial charge on any atom is 0.127 e. The molecule has 0 saturated heterocycles. The van der Waals surface area contributed by atoms with Gasteiger partial charge >= 0.3 is 0 Å². The number of hydrogen-bond donors (Lipinski definition) is 1. The topological polar surface area (TPSA) is 29.5 Å². The fourth-order valence-corrected chi connectivity index (χ4v) is 2.94. The molecule has 3 heteroatoms. The lowest BCUT2D eigenvalue weighted by molar-refractivity contribution is 0.0654. The maximum atomic E-state index is 10.3. The number of fused-ring (bicyclic) bond motifs is 1. The Balaban J connectivity index is 1.97. The predicted molar refractivity (Wildman–Crippen MR) is 78.3 cm³/mol. The highest BCUT2D eigenvalue weighted by molar-refractivity contribution is 9.10. The fraction of sp³-hybridized carbons (Fsp3) is 0.250. The van der Waals surface area contributed by atoms with Crippen LogP contribution in [-0.2, 0) is 0 Å². The van der Waals surface area contributed by atoms with Crippen LogP contribution in [0.5, 0.6) is 5.75 Å². The zero-order valence-corrected chi connectivity index (χ0v) is 12.2. The van der Waals surface area contributed by atoms with Crippen LogP contribution in [0.2, 0.25) is 0 Å². The predicted octanol–water partition coefficient (Wildman–Crippen LogP) is 4.31. The first-order valence-corrected chi connectivity index (χ1v) is 7.14. The second-order valence-electron chi connectivity index (χ2n) is 4.90. The Kier molecular flexibility index (Phi) is 3.33. The molecule has 2 nitrogen and oxygen atoms in total. The normalized spacial score (nSPS) is 21.6. The zero-order valence-electron chi connectivity index (χ0n) is 10.6. The lowest BCUT2D eigenvalue weighted by Gasteiger charge is -2.30. The van der Waals surface area contributed by atoms with Gasteiger partial charge in [-0.3, -0.25) is 0 Å². The monoisotopic (exact) mass is 318 g/mol. The summed E-state index contributed by atoms with van der Waals surface area (Å²) in [5, 5.41) is 10.3. The van der Waals surface area contributed by atoms with Gasteiger partial charge < -0.3 is 9.84 Å². The third-order valence-electron chi connectivity index (χ3n) is 3.57. The Morgan fingerprint density at radius 3 is 2.74 bits per heavy atom. The summed E-state index contributed by atoms with van der Waals surface area (Å²) < 4.78 is 7.00. The van der Waals surface area contributed by atoms with Crippen molar-refractivity contribution in [1.82, 2.24) is 0 Å². The number of aliphatic hydroxyl groups excluding tert-OH is 1. The SMILES string of the molecule is Cc1ccccc1C1C[C@@H](O)c2cc(Br)ccc2O1. The molecule has 1 aliphatic rings. The second kappa shape index (κ2) is 4.99. The van der Waals surface area contributed by atoms with Gasteiger partial charge in [-0.2, -0.15) is 0 Å². The highest BCUT2D eigenvalue weighted by Gasteiger charge is 2.28. The van der Waals surface area contributed by atoms with Gasteiger partial charge in [-0.25, -0.2) is 0 Å². The quantitative estimate of drug-likeness (QED) is 0.848. The Hall–Kier alpha value is -1.32. The van der Waals surface area contributed by atoms with Gasteiger partial charge in [-0.15, -0.1) is 0 Å². The summed E-state index contributed by atoms with van der Waals surface area (Å²) in [5.41, 5.74) is 3.20. The van der Waals surface area contributed by atoms with Crippen molar-refractivity contribution in [3.63, 3.8) is 0 Å². The molecule has 1 unspecified atom stereocenters. The van der Waals surface area contributed by atoms with Crippen LogP contribution >= 0.6 is 15.9 Å². The molecule has 1 aliphatic heterocycles. The highest BCUT2D eigenvalue weighted by atomic mass is 79.9. The molecule has 0 radical (unpaired) electrons. The number of aliphatic hydroxyl groups is 1. The smallest absolute Gasteiger partial charge is 0.127 e. The van der Waals surface area contributed by atoms with Crippen molar-refractivity contribution in [2.45, 2.75) is 25.6 Å². The molecule has 0 fully saturated rings. The minimum atomic E-state index is -0.481. The van der Waals surface area contributed by atoms with Crippen LogP contribution in [0, 0.1) is 6.92 Å². The summed E-state index contributed by atoms with van der Waals surface area (Å²) in [6.45, 7) is 2.07. The van der Waals surface area contributed by atoms with Crippen molar-refractivity contribution >= 4 is 15.9 Å². The third kappa shape index (κ3) is 2.40. The number of aryl methyl sites for hydroxylation is 1. The van der Waals surface area contributed by atoms with E-state index in [0.717, 1.165) is 21.3 Å². The average Bonchev–Trinajstić information content (AvgIpc) is 2.40. The molecule has 2 aromatic rings. The Bertz CT molecular complexity index is 609. The van der Waals surface area contributed by atoms with Gasteiger partial charge in [0.05, 0.1) is 6.10 Å². The van der Waals surface area contributed by atoms with Crippen molar-refractivity contribution in [3.8, 4) is 5.75 Å². The minimum absolute atomic E-state index is 0.0788. The van der Waals surface area contributed by atoms with Crippen LogP contribution < -0.4 is 4.74 Å². The van der Waals surface area contributed by atoms with E-state index >= 15 is 0 Å². The summed E-state index contributed by atoms with van der Waals surface area (Å²) in [5.74, 6) is 0.773. The van der Waals surface area contributed by atoms with Crippen LogP contribution in [0.3, 0.4) is 0 Å². The molecule has 0 spiro atoms. The van der Waals surface area contributed by atoms with E-state index in [2.05, 4.69) is 35.0 Å². The molecule has 1 N–H and O–H groups in total. The first-order chi connectivity index (χ1) is 9.15. The summed E-state index contributed by atoms with van der Waals surface area (Å²) in [6, 6.07) is 13.9. The number of rotatable bonds is 1. The first-order valence-electron chi connectivity index (χ1n) is 6.35. The summed E-state index contributed by atoms with van der Waals surface area (Å²) in [4.78, 5) is 0. The van der Waals surface area contributed by atoms with Crippen molar-refractivity contribution < 1.29 is 9.84 Å². The summed E-state index contributed by atoms with van der Waals surface area (Å²) >= 11 is 3.42. The van der Waals surface area contributed by atoms with E-state index in [1.165, 1.54) is 5.56 Å². The first kappa shape index (κ1) is 12.7. The molecule has 98 valence electrons. The molecule has 19 heavy (non-hydrogen) atoms. The van der Waals surface area contributed by atoms with Gasteiger partial charge in [0.1, 0.15) is 11.9 Å². The van der Waals surface area contributed by atoms with E-state index in [1.54, 1.807) is 0 Å². The van der Waals surface area contributed by atoms with Crippen molar-refractivity contribution in [3.05, 3.63) is 63.6 Å². The van der Waals surface area contributed by atoms with E-state index in [-0.39, 0.29) is 6.10 Å². The van der Waals surface area contributed by atoms with Crippen LogP contribution in [0.4, 0.5) is 0 Å². The average molecular weight is 319 g/mol. The third-order valence-corrected chi connectivity index (χ3v) is 4.07. The molecule has 2 aromatic carbocycles. The fourth-order valence-electron chi connectivity index (χ4n) is 2.56. The van der Waals surface area contributed by atoms with E-state index in [4.69, 9.17) is 4.74 Å². The molecule has 0 bridgehead atoms. The van der Waals surface area contributed by atoms with E-state index in [1.807, 2.05) is 30.3 Å². The Labute approximate surface area is 121 Å². The molecular formula is C16H15BrO2. The van der Waals surface area contributed by atoms with Gasteiger partial charge in [-0.05, 0) is 36.2 Å². The van der Waals surface area contributed by atoms with Crippen molar-refractivity contribution in [1.29, 1.82) is 0 Å². The van der Waals surface area contributed by atoms with Gasteiger partial charge in [0.15, 0.2) is 0 Å². The van der Waals surface area contributed by atoms with Crippen LogP contribution in [0.15, 0.2) is 46.9 Å². The lowest BCUT2D eigenvalue weighted by atomic mass is 9.93. The molecule has 0 aliphatic carbocycles. The van der Waals surface area contributed by atoms with E-state index in [0.29, 0.717) is 6.42 Å². The van der Waals surface area contributed by atoms with Gasteiger partial charge in [0.2, 0.25) is 0 Å². The standard InChI is InChI=1S/C16H15BrO2/c1-10-4-2-3-5-12(10)16-9-14(18)13-8-11(17)6-7-15(13)19-16/h2-8,14,16,18H,9H2,1H3/t14-,16?/m1/s1. The summed E-state index contributed by atoms with van der Waals surface area (Å²) in [6.07, 6.45) is 0.0321. The Morgan fingerprint density at radius 2 is 1.95 bits per heavy atom.